The summed E-state index contributed by atoms with van der Waals surface area (Å²) in [7, 11) is 0. The van der Waals surface area contributed by atoms with Crippen LogP contribution in [0.25, 0.3) is 10.9 Å². The number of H-pyrrole nitrogens is 1. The Hall–Kier alpha value is -2.53. The van der Waals surface area contributed by atoms with Crippen molar-refractivity contribution in [3.63, 3.8) is 0 Å². The number of likely N-dealkylation sites (tertiary alicyclic amines) is 1. The van der Waals surface area contributed by atoms with Gasteiger partial charge in [0.15, 0.2) is 5.76 Å². The van der Waals surface area contributed by atoms with Crippen LogP contribution in [0.4, 0.5) is 0 Å². The Kier molecular flexibility index (Phi) is 5.30. The highest BCUT2D eigenvalue weighted by molar-refractivity contribution is 5.91. The number of carbonyl (C=O) groups is 1. The predicted molar refractivity (Wildman–Crippen MR) is 107 cm³/mol. The second kappa shape index (κ2) is 8.01. The maximum atomic E-state index is 12.3. The highest BCUT2D eigenvalue weighted by Crippen LogP contribution is 2.20. The molecule has 2 N–H and O–H groups in total. The molecule has 0 aliphatic carbocycles. The Balaban J connectivity index is 1.23. The van der Waals surface area contributed by atoms with Crippen LogP contribution < -0.4 is 5.32 Å². The van der Waals surface area contributed by atoms with E-state index in [4.69, 9.17) is 4.42 Å². The van der Waals surface area contributed by atoms with Crippen LogP contribution in [0.1, 0.15) is 42.3 Å². The first-order chi connectivity index (χ1) is 13.2. The standard InChI is InChI=1S/C22H27N3O2/c1-16(8-9-17-15-23-20-6-3-2-5-19(17)20)24-18-10-12-25(13-11-18)22(26)21-7-4-14-27-21/h2-7,14-16,18,23-24H,8-13H2,1H3/t16-/m0/s1. The largest absolute Gasteiger partial charge is 0.459 e. The molecular formula is C22H27N3O2. The van der Waals surface area contributed by atoms with Crippen LogP contribution in [0.15, 0.2) is 53.3 Å². The third-order valence-electron chi connectivity index (χ3n) is 5.56. The van der Waals surface area contributed by atoms with Crippen molar-refractivity contribution in [3.05, 3.63) is 60.2 Å². The molecule has 2 aromatic heterocycles. The fourth-order valence-electron chi connectivity index (χ4n) is 4.00. The van der Waals surface area contributed by atoms with E-state index in [-0.39, 0.29) is 5.91 Å². The van der Waals surface area contributed by atoms with Crippen molar-refractivity contribution in [3.8, 4) is 0 Å². The number of furan rings is 1. The number of piperidine rings is 1. The molecule has 4 rings (SSSR count). The molecule has 1 amide bonds. The number of aromatic amines is 1. The maximum absolute atomic E-state index is 12.3. The molecule has 1 aliphatic rings. The SMILES string of the molecule is C[C@@H](CCc1c[nH]c2ccccc12)NC1CCN(C(=O)c2ccco2)CC1. The van der Waals surface area contributed by atoms with Crippen LogP contribution in [0.3, 0.4) is 0 Å². The minimum atomic E-state index is 0.00540. The van der Waals surface area contributed by atoms with Gasteiger partial charge in [-0.05, 0) is 56.4 Å². The maximum Gasteiger partial charge on any atom is 0.289 e. The Morgan fingerprint density at radius 2 is 2.07 bits per heavy atom. The summed E-state index contributed by atoms with van der Waals surface area (Å²) in [4.78, 5) is 17.6. The number of nitrogens with zero attached hydrogens (tertiary/aromatic N) is 1. The molecule has 0 unspecified atom stereocenters. The number of hydrogen-bond acceptors (Lipinski definition) is 3. The summed E-state index contributed by atoms with van der Waals surface area (Å²) in [5.41, 5.74) is 2.60. The van der Waals surface area contributed by atoms with Gasteiger partial charge in [-0.3, -0.25) is 4.79 Å². The summed E-state index contributed by atoms with van der Waals surface area (Å²) in [6, 6.07) is 12.9. The molecule has 5 nitrogen and oxygen atoms in total. The van der Waals surface area contributed by atoms with Gasteiger partial charge in [-0.1, -0.05) is 18.2 Å². The highest BCUT2D eigenvalue weighted by atomic mass is 16.3. The summed E-state index contributed by atoms with van der Waals surface area (Å²) < 4.78 is 5.23. The van der Waals surface area contributed by atoms with Gasteiger partial charge in [-0.15, -0.1) is 0 Å². The van der Waals surface area contributed by atoms with Crippen molar-refractivity contribution in [1.82, 2.24) is 15.2 Å². The number of para-hydroxylation sites is 1. The zero-order chi connectivity index (χ0) is 18.6. The topological polar surface area (TPSA) is 61.3 Å². The number of fused-ring (bicyclic) bond motifs is 1. The number of rotatable bonds is 6. The summed E-state index contributed by atoms with van der Waals surface area (Å²) in [6.45, 7) is 3.83. The Labute approximate surface area is 159 Å². The molecule has 142 valence electrons. The number of aryl methyl sites for hydroxylation is 1. The van der Waals surface area contributed by atoms with Crippen LogP contribution in [0.5, 0.6) is 0 Å². The minimum absolute atomic E-state index is 0.00540. The van der Waals surface area contributed by atoms with E-state index in [1.807, 2.05) is 4.90 Å². The smallest absolute Gasteiger partial charge is 0.289 e. The molecule has 3 heterocycles. The summed E-state index contributed by atoms with van der Waals surface area (Å²) in [6.07, 6.45) is 7.84. The quantitative estimate of drug-likeness (QED) is 0.695. The summed E-state index contributed by atoms with van der Waals surface area (Å²) in [5, 5.41) is 5.08. The molecule has 0 spiro atoms. The Bertz CT molecular complexity index is 876. The number of nitrogens with one attached hydrogen (secondary N) is 2. The molecule has 1 fully saturated rings. The lowest BCUT2D eigenvalue weighted by atomic mass is 10.0. The van der Waals surface area contributed by atoms with Gasteiger partial charge in [-0.2, -0.15) is 0 Å². The minimum Gasteiger partial charge on any atom is -0.459 e. The highest BCUT2D eigenvalue weighted by Gasteiger charge is 2.25. The van der Waals surface area contributed by atoms with E-state index in [0.29, 0.717) is 17.8 Å². The van der Waals surface area contributed by atoms with Gasteiger partial charge < -0.3 is 19.6 Å². The molecule has 3 aromatic rings. The molecular weight excluding hydrogens is 338 g/mol. The van der Waals surface area contributed by atoms with E-state index in [9.17, 15) is 4.79 Å². The summed E-state index contributed by atoms with van der Waals surface area (Å²) in [5.74, 6) is 0.444. The number of hydrogen-bond donors (Lipinski definition) is 2. The van der Waals surface area contributed by atoms with Crippen molar-refractivity contribution in [2.75, 3.05) is 13.1 Å². The number of aromatic nitrogens is 1. The molecule has 0 saturated carbocycles. The predicted octanol–water partition coefficient (Wildman–Crippen LogP) is 3.98. The van der Waals surface area contributed by atoms with Crippen molar-refractivity contribution in [1.29, 1.82) is 0 Å². The second-order valence-corrected chi connectivity index (χ2v) is 7.51. The van der Waals surface area contributed by atoms with Crippen LogP contribution in [0.2, 0.25) is 0 Å². The number of amides is 1. The fraction of sp³-hybridized carbons (Fsp3) is 0.409. The van der Waals surface area contributed by atoms with Crippen LogP contribution in [-0.4, -0.2) is 41.0 Å². The first-order valence-electron chi connectivity index (χ1n) is 9.84. The van der Waals surface area contributed by atoms with E-state index in [2.05, 4.69) is 47.7 Å². The van der Waals surface area contributed by atoms with Gasteiger partial charge in [0, 0.05) is 42.3 Å². The average molecular weight is 365 g/mol. The van der Waals surface area contributed by atoms with E-state index in [1.165, 1.54) is 16.5 Å². The van der Waals surface area contributed by atoms with Crippen molar-refractivity contribution >= 4 is 16.8 Å². The monoisotopic (exact) mass is 365 g/mol. The normalized spacial score (nSPS) is 16.7. The third kappa shape index (κ3) is 4.08. The first kappa shape index (κ1) is 17.9. The second-order valence-electron chi connectivity index (χ2n) is 7.51. The molecule has 0 bridgehead atoms. The molecule has 5 heteroatoms. The van der Waals surface area contributed by atoms with E-state index >= 15 is 0 Å². The zero-order valence-electron chi connectivity index (χ0n) is 15.8. The Morgan fingerprint density at radius 1 is 1.26 bits per heavy atom. The lowest BCUT2D eigenvalue weighted by Gasteiger charge is -2.33. The van der Waals surface area contributed by atoms with E-state index in [1.54, 1.807) is 18.4 Å². The molecule has 1 aliphatic heterocycles. The fourth-order valence-corrected chi connectivity index (χ4v) is 4.00. The summed E-state index contributed by atoms with van der Waals surface area (Å²) >= 11 is 0. The molecule has 1 atom stereocenters. The number of benzene rings is 1. The number of carbonyl (C=O) groups excluding carboxylic acids is 1. The lowest BCUT2D eigenvalue weighted by Crippen LogP contribution is -2.47. The van der Waals surface area contributed by atoms with Crippen molar-refractivity contribution in [2.24, 2.45) is 0 Å². The van der Waals surface area contributed by atoms with Crippen LogP contribution in [-0.2, 0) is 6.42 Å². The molecule has 1 saturated heterocycles. The first-order valence-corrected chi connectivity index (χ1v) is 9.84. The van der Waals surface area contributed by atoms with Gasteiger partial charge in [0.05, 0.1) is 6.26 Å². The molecule has 1 aromatic carbocycles. The zero-order valence-corrected chi connectivity index (χ0v) is 15.8. The van der Waals surface area contributed by atoms with Gasteiger partial charge in [0.2, 0.25) is 0 Å². The van der Waals surface area contributed by atoms with Crippen LogP contribution in [0, 0.1) is 0 Å². The van der Waals surface area contributed by atoms with E-state index in [0.717, 1.165) is 38.8 Å². The molecule has 0 radical (unpaired) electrons. The molecule has 27 heavy (non-hydrogen) atoms. The average Bonchev–Trinajstić information content (AvgIpc) is 3.37. The van der Waals surface area contributed by atoms with Gasteiger partial charge in [0.1, 0.15) is 0 Å². The van der Waals surface area contributed by atoms with Crippen LogP contribution >= 0.6 is 0 Å². The third-order valence-corrected chi connectivity index (χ3v) is 5.56. The van der Waals surface area contributed by atoms with Gasteiger partial charge in [-0.25, -0.2) is 0 Å². The van der Waals surface area contributed by atoms with Crippen molar-refractivity contribution in [2.45, 2.75) is 44.7 Å². The lowest BCUT2D eigenvalue weighted by molar-refractivity contribution is 0.0670. The Morgan fingerprint density at radius 3 is 2.85 bits per heavy atom. The van der Waals surface area contributed by atoms with Crippen molar-refractivity contribution < 1.29 is 9.21 Å². The van der Waals surface area contributed by atoms with E-state index < -0.39 is 0 Å². The van der Waals surface area contributed by atoms with Gasteiger partial charge in [0.25, 0.3) is 5.91 Å². The van der Waals surface area contributed by atoms with Gasteiger partial charge >= 0.3 is 0 Å².